The molecule has 0 saturated heterocycles. The van der Waals surface area contributed by atoms with Crippen molar-refractivity contribution in [2.75, 3.05) is 6.54 Å². The molecule has 0 aliphatic heterocycles. The van der Waals surface area contributed by atoms with Gasteiger partial charge in [-0.05, 0) is 46.6 Å². The summed E-state index contributed by atoms with van der Waals surface area (Å²) in [6.45, 7) is 12.1. The molecular weight excluding hydrogens is 216 g/mol. The highest BCUT2D eigenvalue weighted by Crippen LogP contribution is 2.15. The molecule has 0 fully saturated rings. The Morgan fingerprint density at radius 2 is 2.12 bits per heavy atom. The van der Waals surface area contributed by atoms with Gasteiger partial charge in [-0.15, -0.1) is 11.3 Å². The maximum Gasteiger partial charge on any atom is 0.0897 e. The first-order chi connectivity index (χ1) is 7.40. The molecule has 1 aromatic heterocycles. The third kappa shape index (κ3) is 5.08. The number of hydrogen-bond acceptors (Lipinski definition) is 3. The van der Waals surface area contributed by atoms with Crippen LogP contribution in [0.4, 0.5) is 0 Å². The van der Waals surface area contributed by atoms with Crippen LogP contribution < -0.4 is 5.32 Å². The van der Waals surface area contributed by atoms with Gasteiger partial charge in [0, 0.05) is 10.9 Å². The Bertz CT molecular complexity index is 312. The number of nitrogens with zero attached hydrogens (tertiary/aromatic N) is 1. The SMILES string of the molecule is CCC(CNC(C)(C)C)Cc1csc(C)n1. The Morgan fingerprint density at radius 1 is 1.44 bits per heavy atom. The second-order valence-electron chi connectivity index (χ2n) is 5.47. The first kappa shape index (κ1) is 13.7. The van der Waals surface area contributed by atoms with Gasteiger partial charge < -0.3 is 5.32 Å². The van der Waals surface area contributed by atoms with Crippen LogP contribution in [-0.4, -0.2) is 17.1 Å². The fourth-order valence-corrected chi connectivity index (χ4v) is 2.23. The number of rotatable bonds is 5. The molecule has 1 unspecified atom stereocenters. The molecule has 0 aliphatic rings. The van der Waals surface area contributed by atoms with Gasteiger partial charge in [-0.1, -0.05) is 13.3 Å². The van der Waals surface area contributed by atoms with E-state index in [0.29, 0.717) is 5.92 Å². The standard InChI is InChI=1S/C13H24N2S/c1-6-11(8-14-13(3,4)5)7-12-9-16-10(2)15-12/h9,11,14H,6-8H2,1-5H3. The van der Waals surface area contributed by atoms with E-state index in [2.05, 4.69) is 50.3 Å². The van der Waals surface area contributed by atoms with E-state index in [1.54, 1.807) is 11.3 Å². The molecule has 0 radical (unpaired) electrons. The van der Waals surface area contributed by atoms with Crippen molar-refractivity contribution in [3.05, 3.63) is 16.1 Å². The Labute approximate surface area is 103 Å². The molecule has 3 heteroatoms. The van der Waals surface area contributed by atoms with E-state index < -0.39 is 0 Å². The highest BCUT2D eigenvalue weighted by atomic mass is 32.1. The number of aromatic nitrogens is 1. The van der Waals surface area contributed by atoms with Crippen molar-refractivity contribution in [3.8, 4) is 0 Å². The summed E-state index contributed by atoms with van der Waals surface area (Å²) in [6, 6.07) is 0. The predicted molar refractivity (Wildman–Crippen MR) is 72.1 cm³/mol. The predicted octanol–water partition coefficient (Wildman–Crippen LogP) is 3.41. The van der Waals surface area contributed by atoms with Crippen molar-refractivity contribution in [1.29, 1.82) is 0 Å². The van der Waals surface area contributed by atoms with Gasteiger partial charge in [-0.2, -0.15) is 0 Å². The molecule has 0 amide bonds. The minimum atomic E-state index is 0.214. The van der Waals surface area contributed by atoms with E-state index in [4.69, 9.17) is 0 Å². The molecule has 0 saturated carbocycles. The van der Waals surface area contributed by atoms with E-state index in [9.17, 15) is 0 Å². The molecule has 16 heavy (non-hydrogen) atoms. The number of hydrogen-bond donors (Lipinski definition) is 1. The Kier molecular flexibility index (Phi) is 4.93. The molecule has 0 bridgehead atoms. The van der Waals surface area contributed by atoms with Crippen LogP contribution in [0.25, 0.3) is 0 Å². The molecule has 92 valence electrons. The maximum absolute atomic E-state index is 4.53. The fraction of sp³-hybridized carbons (Fsp3) is 0.769. The van der Waals surface area contributed by atoms with Crippen molar-refractivity contribution in [1.82, 2.24) is 10.3 Å². The molecule has 1 atom stereocenters. The van der Waals surface area contributed by atoms with Gasteiger partial charge in [-0.3, -0.25) is 0 Å². The lowest BCUT2D eigenvalue weighted by Crippen LogP contribution is -2.39. The lowest BCUT2D eigenvalue weighted by atomic mass is 9.99. The molecule has 0 aromatic carbocycles. The lowest BCUT2D eigenvalue weighted by molar-refractivity contribution is 0.362. The number of thiazole rings is 1. The van der Waals surface area contributed by atoms with Crippen molar-refractivity contribution in [2.45, 2.75) is 53.0 Å². The quantitative estimate of drug-likeness (QED) is 0.853. The zero-order valence-corrected chi connectivity index (χ0v) is 11.9. The summed E-state index contributed by atoms with van der Waals surface area (Å²) < 4.78 is 0. The van der Waals surface area contributed by atoms with E-state index in [0.717, 1.165) is 13.0 Å². The molecule has 1 N–H and O–H groups in total. The Hall–Kier alpha value is -0.410. The van der Waals surface area contributed by atoms with Crippen molar-refractivity contribution in [3.63, 3.8) is 0 Å². The van der Waals surface area contributed by atoms with Gasteiger partial charge in [0.1, 0.15) is 0 Å². The average Bonchev–Trinajstić information content (AvgIpc) is 2.57. The maximum atomic E-state index is 4.53. The molecular formula is C13H24N2S. The summed E-state index contributed by atoms with van der Waals surface area (Å²) in [5.41, 5.74) is 1.47. The Balaban J connectivity index is 2.43. The molecule has 0 aliphatic carbocycles. The minimum Gasteiger partial charge on any atom is -0.312 e. The van der Waals surface area contributed by atoms with E-state index in [1.165, 1.54) is 17.1 Å². The first-order valence-corrected chi connectivity index (χ1v) is 6.94. The zero-order chi connectivity index (χ0) is 12.2. The normalized spacial score (nSPS) is 14.1. The second-order valence-corrected chi connectivity index (χ2v) is 6.53. The van der Waals surface area contributed by atoms with Crippen LogP contribution >= 0.6 is 11.3 Å². The summed E-state index contributed by atoms with van der Waals surface area (Å²) in [7, 11) is 0. The monoisotopic (exact) mass is 240 g/mol. The minimum absolute atomic E-state index is 0.214. The van der Waals surface area contributed by atoms with Crippen LogP contribution in [0.3, 0.4) is 0 Å². The molecule has 0 spiro atoms. The Morgan fingerprint density at radius 3 is 2.56 bits per heavy atom. The molecule has 1 aromatic rings. The van der Waals surface area contributed by atoms with E-state index >= 15 is 0 Å². The second kappa shape index (κ2) is 5.78. The highest BCUT2D eigenvalue weighted by Gasteiger charge is 2.14. The van der Waals surface area contributed by atoms with Crippen LogP contribution in [0.15, 0.2) is 5.38 Å². The largest absolute Gasteiger partial charge is 0.312 e. The van der Waals surface area contributed by atoms with Gasteiger partial charge in [0.25, 0.3) is 0 Å². The van der Waals surface area contributed by atoms with Gasteiger partial charge >= 0.3 is 0 Å². The van der Waals surface area contributed by atoms with Gasteiger partial charge in [0.05, 0.1) is 10.7 Å². The van der Waals surface area contributed by atoms with Crippen LogP contribution in [0, 0.1) is 12.8 Å². The van der Waals surface area contributed by atoms with Crippen LogP contribution in [-0.2, 0) is 6.42 Å². The van der Waals surface area contributed by atoms with Gasteiger partial charge in [-0.25, -0.2) is 4.98 Å². The summed E-state index contributed by atoms with van der Waals surface area (Å²) in [4.78, 5) is 4.53. The number of aryl methyl sites for hydroxylation is 1. The zero-order valence-electron chi connectivity index (χ0n) is 11.1. The molecule has 1 heterocycles. The molecule has 1 rings (SSSR count). The lowest BCUT2D eigenvalue weighted by Gasteiger charge is -2.24. The van der Waals surface area contributed by atoms with Crippen molar-refractivity contribution < 1.29 is 0 Å². The highest BCUT2D eigenvalue weighted by molar-refractivity contribution is 7.09. The van der Waals surface area contributed by atoms with Crippen LogP contribution in [0.2, 0.25) is 0 Å². The first-order valence-electron chi connectivity index (χ1n) is 6.06. The summed E-state index contributed by atoms with van der Waals surface area (Å²) in [5, 5.41) is 6.94. The topological polar surface area (TPSA) is 24.9 Å². The third-order valence-corrected chi connectivity index (χ3v) is 3.49. The summed E-state index contributed by atoms with van der Waals surface area (Å²) in [6.07, 6.45) is 2.31. The summed E-state index contributed by atoms with van der Waals surface area (Å²) in [5.74, 6) is 0.695. The fourth-order valence-electron chi connectivity index (χ4n) is 1.61. The van der Waals surface area contributed by atoms with E-state index in [1.807, 2.05) is 0 Å². The number of nitrogens with one attached hydrogen (secondary N) is 1. The van der Waals surface area contributed by atoms with Crippen LogP contribution in [0.5, 0.6) is 0 Å². The van der Waals surface area contributed by atoms with Crippen molar-refractivity contribution in [2.24, 2.45) is 5.92 Å². The smallest absolute Gasteiger partial charge is 0.0897 e. The van der Waals surface area contributed by atoms with Crippen LogP contribution in [0.1, 0.15) is 44.8 Å². The summed E-state index contributed by atoms with van der Waals surface area (Å²) >= 11 is 1.75. The third-order valence-electron chi connectivity index (χ3n) is 2.66. The molecule has 2 nitrogen and oxygen atoms in total. The average molecular weight is 240 g/mol. The van der Waals surface area contributed by atoms with Gasteiger partial charge in [0.15, 0.2) is 0 Å². The van der Waals surface area contributed by atoms with E-state index in [-0.39, 0.29) is 5.54 Å². The van der Waals surface area contributed by atoms with Gasteiger partial charge in [0.2, 0.25) is 0 Å². The van der Waals surface area contributed by atoms with Crippen molar-refractivity contribution >= 4 is 11.3 Å².